The fourth-order valence-corrected chi connectivity index (χ4v) is 3.84. The van der Waals surface area contributed by atoms with Crippen LogP contribution in [0.5, 0.6) is 0 Å². The highest BCUT2D eigenvalue weighted by atomic mass is 16.7. The van der Waals surface area contributed by atoms with E-state index in [1.165, 1.54) is 12.8 Å². The van der Waals surface area contributed by atoms with Crippen LogP contribution < -0.4 is 4.90 Å². The molecule has 5 nitrogen and oxygen atoms in total. The highest BCUT2D eigenvalue weighted by Crippen LogP contribution is 2.45. The quantitative estimate of drug-likeness (QED) is 0.837. The van der Waals surface area contributed by atoms with Gasteiger partial charge in [-0.2, -0.15) is 0 Å². The lowest BCUT2D eigenvalue weighted by atomic mass is 10.0. The summed E-state index contributed by atoms with van der Waals surface area (Å²) in [6, 6.07) is 7.83. The first-order valence-corrected chi connectivity index (χ1v) is 8.12. The summed E-state index contributed by atoms with van der Waals surface area (Å²) < 4.78 is 11.5. The van der Waals surface area contributed by atoms with E-state index in [-0.39, 0.29) is 5.91 Å². The van der Waals surface area contributed by atoms with Gasteiger partial charge >= 0.3 is 0 Å². The second kappa shape index (κ2) is 5.33. The summed E-state index contributed by atoms with van der Waals surface area (Å²) in [6.07, 6.45) is 2.47. The SMILES string of the molecule is CC1CCCN(CN2C(=O)C3(OCCO3)c3ccccc32)C1. The van der Waals surface area contributed by atoms with Crippen LogP contribution in [0.3, 0.4) is 0 Å². The van der Waals surface area contributed by atoms with Crippen molar-refractivity contribution in [2.75, 3.05) is 37.9 Å². The fraction of sp³-hybridized carbons (Fsp3) is 0.588. The van der Waals surface area contributed by atoms with Crippen molar-refractivity contribution in [3.05, 3.63) is 29.8 Å². The van der Waals surface area contributed by atoms with Gasteiger partial charge in [-0.3, -0.25) is 14.6 Å². The van der Waals surface area contributed by atoms with Crippen LogP contribution in [-0.2, 0) is 20.1 Å². The van der Waals surface area contributed by atoms with Gasteiger partial charge in [0.05, 0.1) is 25.6 Å². The Balaban J connectivity index is 1.64. The lowest BCUT2D eigenvalue weighted by Crippen LogP contribution is -2.48. The van der Waals surface area contributed by atoms with Gasteiger partial charge in [-0.25, -0.2) is 0 Å². The monoisotopic (exact) mass is 302 g/mol. The minimum Gasteiger partial charge on any atom is -0.336 e. The zero-order valence-corrected chi connectivity index (χ0v) is 13.0. The van der Waals surface area contributed by atoms with Crippen molar-refractivity contribution in [1.29, 1.82) is 0 Å². The number of ether oxygens (including phenoxy) is 2. The highest BCUT2D eigenvalue weighted by molar-refractivity contribution is 6.06. The number of fused-ring (bicyclic) bond motifs is 2. The van der Waals surface area contributed by atoms with Crippen LogP contribution in [0.1, 0.15) is 25.3 Å². The Labute approximate surface area is 130 Å². The van der Waals surface area contributed by atoms with Crippen LogP contribution in [0, 0.1) is 5.92 Å². The second-order valence-corrected chi connectivity index (χ2v) is 6.53. The van der Waals surface area contributed by atoms with Gasteiger partial charge in [-0.05, 0) is 31.4 Å². The van der Waals surface area contributed by atoms with Crippen LogP contribution in [0.15, 0.2) is 24.3 Å². The third-order valence-electron chi connectivity index (χ3n) is 4.85. The molecular formula is C17H22N2O3. The molecule has 2 saturated heterocycles. The Kier molecular flexibility index (Phi) is 3.44. The molecule has 5 heteroatoms. The summed E-state index contributed by atoms with van der Waals surface area (Å²) in [6.45, 7) is 5.92. The molecule has 118 valence electrons. The minimum absolute atomic E-state index is 0.0792. The van der Waals surface area contributed by atoms with Crippen molar-refractivity contribution in [3.63, 3.8) is 0 Å². The first kappa shape index (κ1) is 14.2. The zero-order valence-electron chi connectivity index (χ0n) is 13.0. The molecule has 22 heavy (non-hydrogen) atoms. The molecule has 1 spiro atoms. The van der Waals surface area contributed by atoms with E-state index in [9.17, 15) is 4.79 Å². The Hall–Kier alpha value is -1.43. The topological polar surface area (TPSA) is 42.0 Å². The Morgan fingerprint density at radius 1 is 1.27 bits per heavy atom. The van der Waals surface area contributed by atoms with Gasteiger partial charge in [-0.1, -0.05) is 25.1 Å². The molecule has 0 bridgehead atoms. The van der Waals surface area contributed by atoms with Gasteiger partial charge in [0, 0.05) is 12.1 Å². The number of para-hydroxylation sites is 1. The molecular weight excluding hydrogens is 280 g/mol. The number of nitrogens with zero attached hydrogens (tertiary/aromatic N) is 2. The van der Waals surface area contributed by atoms with Gasteiger partial charge in [0.2, 0.25) is 0 Å². The number of likely N-dealkylation sites (tertiary alicyclic amines) is 1. The lowest BCUT2D eigenvalue weighted by molar-refractivity contribution is -0.181. The molecule has 3 aliphatic heterocycles. The average molecular weight is 302 g/mol. The van der Waals surface area contributed by atoms with E-state index in [0.29, 0.717) is 25.8 Å². The maximum absolute atomic E-state index is 13.0. The maximum atomic E-state index is 13.0. The molecule has 3 aliphatic rings. The van der Waals surface area contributed by atoms with Crippen LogP contribution in [0.4, 0.5) is 5.69 Å². The van der Waals surface area contributed by atoms with Crippen molar-refractivity contribution in [2.24, 2.45) is 5.92 Å². The fourth-order valence-electron chi connectivity index (χ4n) is 3.84. The van der Waals surface area contributed by atoms with Crippen LogP contribution >= 0.6 is 0 Å². The van der Waals surface area contributed by atoms with Gasteiger partial charge in [0.15, 0.2) is 0 Å². The second-order valence-electron chi connectivity index (χ2n) is 6.53. The zero-order chi connectivity index (χ0) is 15.2. The summed E-state index contributed by atoms with van der Waals surface area (Å²) in [5.74, 6) is -0.586. The molecule has 1 amide bonds. The molecule has 0 aliphatic carbocycles. The van der Waals surface area contributed by atoms with Gasteiger partial charge < -0.3 is 9.47 Å². The van der Waals surface area contributed by atoms with Crippen LogP contribution in [0.2, 0.25) is 0 Å². The predicted molar refractivity (Wildman–Crippen MR) is 82.3 cm³/mol. The minimum atomic E-state index is -1.20. The molecule has 0 aromatic heterocycles. The van der Waals surface area contributed by atoms with E-state index in [1.807, 2.05) is 29.2 Å². The predicted octanol–water partition coefficient (Wildman–Crippen LogP) is 1.92. The van der Waals surface area contributed by atoms with Crippen LogP contribution in [0.25, 0.3) is 0 Å². The lowest BCUT2D eigenvalue weighted by Gasteiger charge is -2.34. The number of anilines is 1. The van der Waals surface area contributed by atoms with Gasteiger partial charge in [-0.15, -0.1) is 0 Å². The summed E-state index contributed by atoms with van der Waals surface area (Å²) in [4.78, 5) is 17.2. The molecule has 1 aromatic carbocycles. The summed E-state index contributed by atoms with van der Waals surface area (Å²) >= 11 is 0. The van der Waals surface area contributed by atoms with E-state index in [1.54, 1.807) is 0 Å². The van der Waals surface area contributed by atoms with Gasteiger partial charge in [0.25, 0.3) is 11.7 Å². The number of carbonyl (C=O) groups excluding carboxylic acids is 1. The first-order chi connectivity index (χ1) is 10.7. The molecule has 0 N–H and O–H groups in total. The number of amides is 1. The van der Waals surface area contributed by atoms with E-state index < -0.39 is 5.79 Å². The van der Waals surface area contributed by atoms with Crippen molar-refractivity contribution in [2.45, 2.75) is 25.6 Å². The molecule has 2 fully saturated rings. The largest absolute Gasteiger partial charge is 0.336 e. The molecule has 1 atom stereocenters. The van der Waals surface area contributed by atoms with Crippen LogP contribution in [-0.4, -0.2) is 43.8 Å². The van der Waals surface area contributed by atoms with E-state index in [2.05, 4.69) is 11.8 Å². The van der Waals surface area contributed by atoms with E-state index in [0.717, 1.165) is 24.3 Å². The Morgan fingerprint density at radius 3 is 2.82 bits per heavy atom. The molecule has 1 unspecified atom stereocenters. The Morgan fingerprint density at radius 2 is 2.05 bits per heavy atom. The summed E-state index contributed by atoms with van der Waals surface area (Å²) in [7, 11) is 0. The number of hydrogen-bond acceptors (Lipinski definition) is 4. The third-order valence-corrected chi connectivity index (χ3v) is 4.85. The molecule has 0 saturated carbocycles. The van der Waals surface area contributed by atoms with E-state index in [4.69, 9.17) is 9.47 Å². The highest BCUT2D eigenvalue weighted by Gasteiger charge is 2.56. The first-order valence-electron chi connectivity index (χ1n) is 8.12. The smallest absolute Gasteiger partial charge is 0.293 e. The van der Waals surface area contributed by atoms with Crippen molar-refractivity contribution >= 4 is 11.6 Å². The normalized spacial score (nSPS) is 27.6. The number of piperidine rings is 1. The van der Waals surface area contributed by atoms with Gasteiger partial charge in [0.1, 0.15) is 0 Å². The van der Waals surface area contributed by atoms with Crippen molar-refractivity contribution in [3.8, 4) is 0 Å². The maximum Gasteiger partial charge on any atom is 0.293 e. The number of benzene rings is 1. The van der Waals surface area contributed by atoms with E-state index >= 15 is 0 Å². The summed E-state index contributed by atoms with van der Waals surface area (Å²) in [5.41, 5.74) is 1.77. The third kappa shape index (κ3) is 2.07. The standard InChI is InChI=1S/C17H22N2O3/c1-13-5-4-8-18(11-13)12-19-15-7-3-2-6-14(15)17(16(19)20)21-9-10-22-17/h2-3,6-7,13H,4-5,8-12H2,1H3. The Bertz CT molecular complexity index is 583. The molecule has 3 heterocycles. The number of carbonyl (C=O) groups is 1. The van der Waals surface area contributed by atoms with Crippen molar-refractivity contribution in [1.82, 2.24) is 4.90 Å². The molecule has 1 aromatic rings. The van der Waals surface area contributed by atoms with Crippen molar-refractivity contribution < 1.29 is 14.3 Å². The summed E-state index contributed by atoms with van der Waals surface area (Å²) in [5, 5.41) is 0. The average Bonchev–Trinajstić information content (AvgIpc) is 3.10. The molecule has 0 radical (unpaired) electrons. The number of rotatable bonds is 2. The number of hydrogen-bond donors (Lipinski definition) is 0. The molecule has 4 rings (SSSR count).